The van der Waals surface area contributed by atoms with Crippen LogP contribution in [0.15, 0.2) is 42.5 Å². The predicted octanol–water partition coefficient (Wildman–Crippen LogP) is 3.39. The molecule has 5 nitrogen and oxygen atoms in total. The van der Waals surface area contributed by atoms with Crippen molar-refractivity contribution in [2.24, 2.45) is 0 Å². The minimum Gasteiger partial charge on any atom is -0.497 e. The molecule has 0 spiro atoms. The van der Waals surface area contributed by atoms with Crippen LogP contribution in [-0.4, -0.2) is 33.8 Å². The van der Waals surface area contributed by atoms with Crippen molar-refractivity contribution >= 4 is 12.0 Å². The molecule has 0 aliphatic heterocycles. The summed E-state index contributed by atoms with van der Waals surface area (Å²) < 4.78 is 15.8. The quantitative estimate of drug-likeness (QED) is 0.738. The molecule has 1 amide bonds. The van der Waals surface area contributed by atoms with Crippen molar-refractivity contribution in [3.63, 3.8) is 0 Å². The van der Waals surface area contributed by atoms with Crippen LogP contribution < -0.4 is 19.5 Å². The normalized spacial score (nSPS) is 10.6. The summed E-state index contributed by atoms with van der Waals surface area (Å²) >= 11 is 0. The molecule has 26 heavy (non-hydrogen) atoms. The minimum atomic E-state index is -0.158. The highest BCUT2D eigenvalue weighted by atomic mass is 16.5. The number of ether oxygens (including phenoxy) is 3. The van der Waals surface area contributed by atoms with Crippen LogP contribution >= 0.6 is 0 Å². The van der Waals surface area contributed by atoms with E-state index in [2.05, 4.69) is 11.4 Å². The molecule has 0 radical (unpaired) electrons. The van der Waals surface area contributed by atoms with Crippen molar-refractivity contribution in [2.75, 3.05) is 27.9 Å². The Morgan fingerprint density at radius 3 is 2.46 bits per heavy atom. The van der Waals surface area contributed by atoms with Gasteiger partial charge in [0, 0.05) is 24.3 Å². The van der Waals surface area contributed by atoms with E-state index < -0.39 is 0 Å². The molecule has 5 heteroatoms. The number of carbonyl (C=O) groups is 1. The molecule has 1 N–H and O–H groups in total. The first-order valence-corrected chi connectivity index (χ1v) is 8.39. The van der Waals surface area contributed by atoms with Crippen LogP contribution in [-0.2, 0) is 11.2 Å². The monoisotopic (exact) mass is 355 g/mol. The molecule has 0 saturated carbocycles. The number of carbonyl (C=O) groups excluding carboxylic acids is 1. The van der Waals surface area contributed by atoms with Gasteiger partial charge >= 0.3 is 0 Å². The molecular formula is C21H25NO4. The summed E-state index contributed by atoms with van der Waals surface area (Å²) in [5.74, 6) is 2.03. The fourth-order valence-electron chi connectivity index (χ4n) is 2.60. The second-order valence-corrected chi connectivity index (χ2v) is 5.80. The molecule has 0 bridgehead atoms. The molecule has 0 aliphatic carbocycles. The second kappa shape index (κ2) is 9.51. The summed E-state index contributed by atoms with van der Waals surface area (Å²) in [5, 5.41) is 2.89. The Bertz CT molecular complexity index is 784. The van der Waals surface area contributed by atoms with Gasteiger partial charge in [0.25, 0.3) is 0 Å². The van der Waals surface area contributed by atoms with Gasteiger partial charge in [-0.15, -0.1) is 0 Å². The molecule has 2 rings (SSSR count). The molecule has 0 atom stereocenters. The lowest BCUT2D eigenvalue weighted by Crippen LogP contribution is -2.23. The third-order valence-electron chi connectivity index (χ3n) is 3.98. The predicted molar refractivity (Wildman–Crippen MR) is 103 cm³/mol. The molecule has 0 heterocycles. The third kappa shape index (κ3) is 5.28. The van der Waals surface area contributed by atoms with Gasteiger partial charge in [-0.2, -0.15) is 0 Å². The van der Waals surface area contributed by atoms with Crippen LogP contribution in [0.5, 0.6) is 17.2 Å². The van der Waals surface area contributed by atoms with Crippen LogP contribution in [0.1, 0.15) is 16.7 Å². The number of benzene rings is 2. The molecule has 0 aliphatic rings. The summed E-state index contributed by atoms with van der Waals surface area (Å²) in [6.45, 7) is 2.56. The van der Waals surface area contributed by atoms with Gasteiger partial charge in [-0.25, -0.2) is 0 Å². The highest BCUT2D eigenvalue weighted by Crippen LogP contribution is 2.25. The van der Waals surface area contributed by atoms with Gasteiger partial charge in [-0.3, -0.25) is 4.79 Å². The molecular weight excluding hydrogens is 330 g/mol. The first-order chi connectivity index (χ1) is 12.6. The van der Waals surface area contributed by atoms with Gasteiger partial charge < -0.3 is 19.5 Å². The van der Waals surface area contributed by atoms with Crippen molar-refractivity contribution in [1.82, 2.24) is 5.32 Å². The lowest BCUT2D eigenvalue weighted by atomic mass is 10.1. The number of hydrogen-bond acceptors (Lipinski definition) is 4. The fourth-order valence-corrected chi connectivity index (χ4v) is 2.60. The Morgan fingerprint density at radius 1 is 1.00 bits per heavy atom. The number of rotatable bonds is 8. The summed E-state index contributed by atoms with van der Waals surface area (Å²) in [5.41, 5.74) is 3.05. The Balaban J connectivity index is 1.93. The number of aryl methyl sites for hydroxylation is 1. The number of amides is 1. The van der Waals surface area contributed by atoms with Gasteiger partial charge in [0.2, 0.25) is 5.91 Å². The Labute approximate surface area is 154 Å². The average Bonchev–Trinajstić information content (AvgIpc) is 2.66. The topological polar surface area (TPSA) is 56.8 Å². The maximum atomic E-state index is 12.1. The SMILES string of the molecule is COc1ccc(/C=C/C(=O)NCCc2cc(C)ccc2OC)c(OC)c1. The van der Waals surface area contributed by atoms with Crippen LogP contribution in [0.4, 0.5) is 0 Å². The Hall–Kier alpha value is -2.95. The largest absolute Gasteiger partial charge is 0.497 e. The second-order valence-electron chi connectivity index (χ2n) is 5.80. The van der Waals surface area contributed by atoms with Crippen molar-refractivity contribution in [2.45, 2.75) is 13.3 Å². The molecule has 0 aromatic heterocycles. The average molecular weight is 355 g/mol. The smallest absolute Gasteiger partial charge is 0.244 e. The van der Waals surface area contributed by atoms with E-state index in [0.717, 1.165) is 16.9 Å². The maximum Gasteiger partial charge on any atom is 0.244 e. The highest BCUT2D eigenvalue weighted by Gasteiger charge is 2.05. The zero-order valence-electron chi connectivity index (χ0n) is 15.7. The number of nitrogens with one attached hydrogen (secondary N) is 1. The number of methoxy groups -OCH3 is 3. The molecule has 0 fully saturated rings. The zero-order chi connectivity index (χ0) is 18.9. The third-order valence-corrected chi connectivity index (χ3v) is 3.98. The summed E-state index contributed by atoms with van der Waals surface area (Å²) in [6, 6.07) is 11.5. The van der Waals surface area contributed by atoms with Crippen LogP contribution in [0, 0.1) is 6.92 Å². The Kier molecular flexibility index (Phi) is 7.09. The van der Waals surface area contributed by atoms with E-state index in [1.165, 1.54) is 11.6 Å². The van der Waals surface area contributed by atoms with Gasteiger partial charge in [0.05, 0.1) is 21.3 Å². The zero-order valence-corrected chi connectivity index (χ0v) is 15.7. The van der Waals surface area contributed by atoms with E-state index in [0.29, 0.717) is 24.5 Å². The van der Waals surface area contributed by atoms with E-state index in [9.17, 15) is 4.79 Å². The van der Waals surface area contributed by atoms with Crippen molar-refractivity contribution in [3.05, 3.63) is 59.2 Å². The summed E-state index contributed by atoms with van der Waals surface area (Å²) in [7, 11) is 4.83. The van der Waals surface area contributed by atoms with Crippen LogP contribution in [0.2, 0.25) is 0 Å². The molecule has 2 aromatic rings. The molecule has 0 unspecified atom stereocenters. The molecule has 0 saturated heterocycles. The van der Waals surface area contributed by atoms with E-state index in [1.54, 1.807) is 33.5 Å². The van der Waals surface area contributed by atoms with Gasteiger partial charge in [0.1, 0.15) is 17.2 Å². The number of hydrogen-bond donors (Lipinski definition) is 1. The Morgan fingerprint density at radius 2 is 1.77 bits per heavy atom. The van der Waals surface area contributed by atoms with Crippen molar-refractivity contribution in [1.29, 1.82) is 0 Å². The summed E-state index contributed by atoms with van der Waals surface area (Å²) in [6.07, 6.45) is 3.93. The van der Waals surface area contributed by atoms with Gasteiger partial charge in [-0.1, -0.05) is 17.7 Å². The molecule has 2 aromatic carbocycles. The van der Waals surface area contributed by atoms with Crippen molar-refractivity contribution in [3.8, 4) is 17.2 Å². The summed E-state index contributed by atoms with van der Waals surface area (Å²) in [4.78, 5) is 12.1. The lowest BCUT2D eigenvalue weighted by molar-refractivity contribution is -0.116. The van der Waals surface area contributed by atoms with E-state index in [-0.39, 0.29) is 5.91 Å². The maximum absolute atomic E-state index is 12.1. The van der Waals surface area contributed by atoms with Gasteiger partial charge in [0.15, 0.2) is 0 Å². The minimum absolute atomic E-state index is 0.158. The van der Waals surface area contributed by atoms with E-state index >= 15 is 0 Å². The first kappa shape index (κ1) is 19.4. The lowest BCUT2D eigenvalue weighted by Gasteiger charge is -2.10. The van der Waals surface area contributed by atoms with Crippen LogP contribution in [0.25, 0.3) is 6.08 Å². The van der Waals surface area contributed by atoms with E-state index in [1.807, 2.05) is 31.2 Å². The van der Waals surface area contributed by atoms with Gasteiger partial charge in [-0.05, 0) is 43.2 Å². The van der Waals surface area contributed by atoms with Crippen molar-refractivity contribution < 1.29 is 19.0 Å². The molecule has 138 valence electrons. The standard InChI is InChI=1S/C21H25NO4/c1-15-5-9-19(25-3)17(13-15)11-12-22-21(23)10-7-16-6-8-18(24-2)14-20(16)26-4/h5-10,13-14H,11-12H2,1-4H3,(H,22,23)/b10-7+. The fraction of sp³-hybridized carbons (Fsp3) is 0.286. The van der Waals surface area contributed by atoms with Crippen LogP contribution in [0.3, 0.4) is 0 Å². The van der Waals surface area contributed by atoms with E-state index in [4.69, 9.17) is 14.2 Å². The first-order valence-electron chi connectivity index (χ1n) is 8.39. The highest BCUT2D eigenvalue weighted by molar-refractivity contribution is 5.92.